The maximum absolute atomic E-state index is 11.6. The van der Waals surface area contributed by atoms with E-state index in [-0.39, 0.29) is 16.9 Å². The fourth-order valence-corrected chi connectivity index (χ4v) is 1.69. The molecule has 0 atom stereocenters. The Morgan fingerprint density at radius 3 is 2.63 bits per heavy atom. The minimum Gasteiger partial charge on any atom is -0.398 e. The Kier molecular flexibility index (Phi) is 3.31. The van der Waals surface area contributed by atoms with Crippen LogP contribution in [0.4, 0.5) is 5.69 Å². The number of hydrogen-bond acceptors (Lipinski definition) is 5. The average molecular weight is 254 g/mol. The first-order chi connectivity index (χ1) is 9.15. The van der Waals surface area contributed by atoms with Crippen LogP contribution < -0.4 is 11.3 Å². The van der Waals surface area contributed by atoms with E-state index >= 15 is 0 Å². The number of imidazole rings is 1. The molecule has 7 nitrogen and oxygen atoms in total. The van der Waals surface area contributed by atoms with E-state index in [1.807, 2.05) is 12.1 Å². The number of nitrogen functional groups attached to an aromatic ring is 1. The summed E-state index contributed by atoms with van der Waals surface area (Å²) in [6.45, 7) is 0.709. The van der Waals surface area contributed by atoms with Crippen LogP contribution >= 0.6 is 0 Å². The minimum atomic E-state index is -0.173. The number of hydrogen-bond donors (Lipinski definition) is 1. The van der Waals surface area contributed by atoms with Crippen LogP contribution in [-0.2, 0) is 13.1 Å². The molecule has 19 heavy (non-hydrogen) atoms. The number of aryl methyl sites for hydroxylation is 2. The summed E-state index contributed by atoms with van der Waals surface area (Å²) in [4.78, 5) is 15.4. The van der Waals surface area contributed by atoms with Crippen molar-refractivity contribution >= 4 is 5.69 Å². The molecule has 0 unspecified atom stereocenters. The summed E-state index contributed by atoms with van der Waals surface area (Å²) in [7, 11) is 0. The molecule has 0 saturated heterocycles. The highest BCUT2D eigenvalue weighted by Gasteiger charge is 2.09. The highest BCUT2D eigenvalue weighted by Crippen LogP contribution is 2.05. The number of aromatic nitrogens is 3. The molecule has 2 aromatic rings. The van der Waals surface area contributed by atoms with Gasteiger partial charge in [0.25, 0.3) is 5.56 Å². The van der Waals surface area contributed by atoms with Gasteiger partial charge in [-0.3, -0.25) is 4.79 Å². The Balaban J connectivity index is 2.22. The first-order valence-electron chi connectivity index (χ1n) is 5.47. The van der Waals surface area contributed by atoms with Gasteiger partial charge in [0, 0.05) is 31.0 Å². The van der Waals surface area contributed by atoms with Crippen molar-refractivity contribution in [3.8, 4) is 12.1 Å². The first-order valence-corrected chi connectivity index (χ1v) is 5.47. The summed E-state index contributed by atoms with van der Waals surface area (Å²) >= 11 is 0. The SMILES string of the molecule is N#Cc1ncn(CCn2cc(N)ccc2=O)c1C#N. The summed E-state index contributed by atoms with van der Waals surface area (Å²) in [5, 5.41) is 17.7. The van der Waals surface area contributed by atoms with E-state index in [2.05, 4.69) is 4.98 Å². The van der Waals surface area contributed by atoms with Gasteiger partial charge in [0.15, 0.2) is 11.4 Å². The van der Waals surface area contributed by atoms with Gasteiger partial charge in [-0.15, -0.1) is 0 Å². The lowest BCUT2D eigenvalue weighted by molar-refractivity contribution is 0.562. The maximum atomic E-state index is 11.6. The summed E-state index contributed by atoms with van der Waals surface area (Å²) in [6.07, 6.45) is 2.95. The number of nitrogens with zero attached hydrogens (tertiary/aromatic N) is 5. The lowest BCUT2D eigenvalue weighted by atomic mass is 10.3. The predicted molar refractivity (Wildman–Crippen MR) is 66.8 cm³/mol. The van der Waals surface area contributed by atoms with Crippen molar-refractivity contribution in [1.29, 1.82) is 10.5 Å². The van der Waals surface area contributed by atoms with Gasteiger partial charge in [-0.25, -0.2) is 4.98 Å². The molecule has 2 N–H and O–H groups in total. The molecule has 0 spiro atoms. The Morgan fingerprint density at radius 1 is 1.21 bits per heavy atom. The van der Waals surface area contributed by atoms with Crippen LogP contribution in [0.15, 0.2) is 29.5 Å². The van der Waals surface area contributed by atoms with E-state index in [1.165, 1.54) is 33.8 Å². The third-order valence-electron chi connectivity index (χ3n) is 2.64. The Labute approximate surface area is 108 Å². The van der Waals surface area contributed by atoms with E-state index in [4.69, 9.17) is 16.3 Å². The van der Waals surface area contributed by atoms with Crippen molar-refractivity contribution in [3.05, 3.63) is 46.4 Å². The zero-order valence-corrected chi connectivity index (χ0v) is 9.95. The summed E-state index contributed by atoms with van der Waals surface area (Å²) in [5.41, 5.74) is 6.20. The van der Waals surface area contributed by atoms with E-state index < -0.39 is 0 Å². The molecule has 0 aliphatic carbocycles. The molecule has 0 aromatic carbocycles. The Morgan fingerprint density at radius 2 is 1.95 bits per heavy atom. The molecule has 0 radical (unpaired) electrons. The van der Waals surface area contributed by atoms with Gasteiger partial charge >= 0.3 is 0 Å². The summed E-state index contributed by atoms with van der Waals surface area (Å²) in [6, 6.07) is 6.68. The zero-order chi connectivity index (χ0) is 13.8. The lowest BCUT2D eigenvalue weighted by Crippen LogP contribution is -2.21. The smallest absolute Gasteiger partial charge is 0.250 e. The number of anilines is 1. The van der Waals surface area contributed by atoms with Gasteiger partial charge in [0.2, 0.25) is 0 Å². The van der Waals surface area contributed by atoms with Crippen LogP contribution in [0.2, 0.25) is 0 Å². The van der Waals surface area contributed by atoms with Gasteiger partial charge in [-0.05, 0) is 6.07 Å². The van der Waals surface area contributed by atoms with E-state index in [9.17, 15) is 4.79 Å². The largest absolute Gasteiger partial charge is 0.398 e. The second-order valence-corrected chi connectivity index (χ2v) is 3.85. The molecular weight excluding hydrogens is 244 g/mol. The van der Waals surface area contributed by atoms with E-state index in [1.54, 1.807) is 0 Å². The maximum Gasteiger partial charge on any atom is 0.250 e. The Bertz CT molecular complexity index is 743. The van der Waals surface area contributed by atoms with Gasteiger partial charge in [-0.2, -0.15) is 10.5 Å². The third kappa shape index (κ3) is 2.45. The number of nitrogens with two attached hydrogens (primary N) is 1. The third-order valence-corrected chi connectivity index (χ3v) is 2.64. The predicted octanol–water partition coefficient (Wildman–Crippen LogP) is 0.0706. The summed E-state index contributed by atoms with van der Waals surface area (Å²) in [5.74, 6) is 0. The van der Waals surface area contributed by atoms with Crippen molar-refractivity contribution in [2.75, 3.05) is 5.73 Å². The molecule has 0 aliphatic heterocycles. The number of pyridine rings is 1. The molecular formula is C12H10N6O. The highest BCUT2D eigenvalue weighted by molar-refractivity contribution is 5.36. The molecule has 2 rings (SSSR count). The molecule has 0 saturated carbocycles. The van der Waals surface area contributed by atoms with Crippen LogP contribution in [-0.4, -0.2) is 14.1 Å². The quantitative estimate of drug-likeness (QED) is 0.832. The molecule has 0 fully saturated rings. The second kappa shape index (κ2) is 5.07. The van der Waals surface area contributed by atoms with Crippen LogP contribution in [0.3, 0.4) is 0 Å². The molecule has 0 bridgehead atoms. The van der Waals surface area contributed by atoms with Crippen molar-refractivity contribution in [3.63, 3.8) is 0 Å². The molecule has 2 heterocycles. The molecule has 0 aliphatic rings. The minimum absolute atomic E-state index is 0.0856. The van der Waals surface area contributed by atoms with Crippen molar-refractivity contribution in [2.24, 2.45) is 0 Å². The lowest BCUT2D eigenvalue weighted by Gasteiger charge is -2.07. The van der Waals surface area contributed by atoms with E-state index in [0.29, 0.717) is 18.8 Å². The van der Waals surface area contributed by atoms with Gasteiger partial charge < -0.3 is 14.9 Å². The van der Waals surface area contributed by atoms with Crippen molar-refractivity contribution in [1.82, 2.24) is 14.1 Å². The fourth-order valence-electron chi connectivity index (χ4n) is 1.69. The summed E-state index contributed by atoms with van der Waals surface area (Å²) < 4.78 is 2.98. The highest BCUT2D eigenvalue weighted by atomic mass is 16.1. The fraction of sp³-hybridized carbons (Fsp3) is 0.167. The van der Waals surface area contributed by atoms with Crippen LogP contribution in [0.1, 0.15) is 11.4 Å². The molecule has 0 amide bonds. The standard InChI is InChI=1S/C12H10N6O/c13-5-10-11(6-14)18(8-16-10)4-3-17-7-9(15)1-2-12(17)19/h1-2,7-8H,3-4,15H2. The monoisotopic (exact) mass is 254 g/mol. The van der Waals surface area contributed by atoms with Crippen molar-refractivity contribution in [2.45, 2.75) is 13.1 Å². The van der Waals surface area contributed by atoms with Crippen LogP contribution in [0.25, 0.3) is 0 Å². The molecule has 2 aromatic heterocycles. The van der Waals surface area contributed by atoms with Gasteiger partial charge in [0.1, 0.15) is 12.1 Å². The average Bonchev–Trinajstić information content (AvgIpc) is 2.81. The van der Waals surface area contributed by atoms with Crippen molar-refractivity contribution < 1.29 is 0 Å². The molecule has 7 heteroatoms. The first kappa shape index (κ1) is 12.4. The number of rotatable bonds is 3. The second-order valence-electron chi connectivity index (χ2n) is 3.85. The Hall–Kier alpha value is -3.06. The normalized spacial score (nSPS) is 9.79. The van der Waals surface area contributed by atoms with E-state index in [0.717, 1.165) is 0 Å². The topological polar surface area (TPSA) is 113 Å². The van der Waals surface area contributed by atoms with Crippen LogP contribution in [0, 0.1) is 22.7 Å². The van der Waals surface area contributed by atoms with Gasteiger partial charge in [0.05, 0.1) is 6.33 Å². The zero-order valence-electron chi connectivity index (χ0n) is 9.95. The van der Waals surface area contributed by atoms with Gasteiger partial charge in [-0.1, -0.05) is 0 Å². The van der Waals surface area contributed by atoms with Crippen LogP contribution in [0.5, 0.6) is 0 Å². The molecule has 94 valence electrons. The number of nitriles is 2.